The van der Waals surface area contributed by atoms with Crippen molar-refractivity contribution in [2.24, 2.45) is 0 Å². The first-order valence-electron chi connectivity index (χ1n) is 13.1. The van der Waals surface area contributed by atoms with E-state index < -0.39 is 17.9 Å². The number of carbonyl (C=O) groups is 4. The van der Waals surface area contributed by atoms with E-state index in [2.05, 4.69) is 5.32 Å². The first-order chi connectivity index (χ1) is 18.2. The van der Waals surface area contributed by atoms with Crippen LogP contribution in [0.2, 0.25) is 0 Å². The predicted octanol–water partition coefficient (Wildman–Crippen LogP) is -1.94. The highest BCUT2D eigenvalue weighted by atomic mass is 16.5. The van der Waals surface area contributed by atoms with Crippen LogP contribution in [0.25, 0.3) is 0 Å². The third-order valence-electron chi connectivity index (χ3n) is 6.02. The van der Waals surface area contributed by atoms with Crippen LogP contribution in [0.5, 0.6) is 0 Å². The number of nitrogens with zero attached hydrogens (tertiary/aromatic N) is 4. The number of ketones is 1. The van der Waals surface area contributed by atoms with Crippen molar-refractivity contribution >= 4 is 23.7 Å². The molecule has 1 rings (SSSR count). The molecule has 220 valence electrons. The Labute approximate surface area is 224 Å². The van der Waals surface area contributed by atoms with E-state index in [0.717, 1.165) is 6.54 Å². The van der Waals surface area contributed by atoms with Crippen LogP contribution < -0.4 is 5.32 Å². The molecule has 0 aromatic carbocycles. The van der Waals surface area contributed by atoms with Gasteiger partial charge in [0.25, 0.3) is 0 Å². The normalized spacial score (nSPS) is 17.5. The zero-order valence-electron chi connectivity index (χ0n) is 22.5. The molecule has 0 amide bonds. The van der Waals surface area contributed by atoms with Gasteiger partial charge in [-0.3, -0.25) is 38.8 Å². The van der Waals surface area contributed by atoms with Crippen LogP contribution >= 0.6 is 0 Å². The molecule has 4 N–H and O–H groups in total. The maximum Gasteiger partial charge on any atom is 0.317 e. The molecule has 0 saturated carbocycles. The molecule has 0 unspecified atom stereocenters. The Morgan fingerprint density at radius 3 is 1.34 bits per heavy atom. The van der Waals surface area contributed by atoms with Crippen LogP contribution in [0.4, 0.5) is 0 Å². The number of nitrogens with one attached hydrogen (secondary N) is 1. The molecule has 0 spiro atoms. The fraction of sp³-hybridized carbons (Fsp3) is 0.833. The van der Waals surface area contributed by atoms with Gasteiger partial charge in [0.05, 0.1) is 46.0 Å². The largest absolute Gasteiger partial charge is 0.480 e. The Bertz CT molecular complexity index is 681. The fourth-order valence-electron chi connectivity index (χ4n) is 3.98. The molecule has 14 nitrogen and oxygen atoms in total. The number of carboxylic acids is 3. The van der Waals surface area contributed by atoms with E-state index in [-0.39, 0.29) is 32.0 Å². The van der Waals surface area contributed by atoms with Gasteiger partial charge < -0.3 is 30.1 Å². The average molecular weight is 548 g/mol. The van der Waals surface area contributed by atoms with Crippen molar-refractivity contribution in [2.75, 3.05) is 119 Å². The van der Waals surface area contributed by atoms with E-state index in [1.54, 1.807) is 14.7 Å². The van der Waals surface area contributed by atoms with Gasteiger partial charge in [-0.2, -0.15) is 0 Å². The summed E-state index contributed by atoms with van der Waals surface area (Å²) in [6, 6.07) is 0. The lowest BCUT2D eigenvalue weighted by molar-refractivity contribution is -0.140. The third-order valence-corrected chi connectivity index (χ3v) is 6.02. The van der Waals surface area contributed by atoms with Gasteiger partial charge in [-0.15, -0.1) is 0 Å². The number of hydrogen-bond donors (Lipinski definition) is 4. The highest BCUT2D eigenvalue weighted by molar-refractivity contribution is 5.80. The number of aliphatic carboxylic acids is 3. The second-order valence-electron chi connectivity index (χ2n) is 9.26. The number of ether oxygens (including phenoxy) is 2. The summed E-state index contributed by atoms with van der Waals surface area (Å²) in [7, 11) is 1.85. The molecule has 0 atom stereocenters. The smallest absolute Gasteiger partial charge is 0.317 e. The Balaban J connectivity index is 2.66. The standard InChI is InChI=1S/C24H45N5O9/c1-25-4-14-38-16-15-37-13-2-3-21(30)17-26-5-7-27(18-22(31)32)9-11-29(20-24(35)36)12-10-28(8-6-26)19-23(33)34/h25H,2-20H2,1H3,(H,31,32)(H,33,34)(H,35,36). The topological polar surface area (TPSA) is 172 Å². The van der Waals surface area contributed by atoms with Gasteiger partial charge in [0.15, 0.2) is 0 Å². The highest BCUT2D eigenvalue weighted by Crippen LogP contribution is 2.03. The minimum atomic E-state index is -1.00. The van der Waals surface area contributed by atoms with E-state index in [9.17, 15) is 34.5 Å². The lowest BCUT2D eigenvalue weighted by atomic mass is 10.2. The summed E-state index contributed by atoms with van der Waals surface area (Å²) in [5.41, 5.74) is 0. The molecule has 0 radical (unpaired) electrons. The molecule has 38 heavy (non-hydrogen) atoms. The van der Waals surface area contributed by atoms with Crippen molar-refractivity contribution in [1.29, 1.82) is 0 Å². The number of hydrogen-bond acceptors (Lipinski definition) is 11. The summed E-state index contributed by atoms with van der Waals surface area (Å²) < 4.78 is 10.9. The lowest BCUT2D eigenvalue weighted by Gasteiger charge is -2.32. The first-order valence-corrected chi connectivity index (χ1v) is 13.1. The molecular formula is C24H45N5O9. The molecule has 0 aromatic heterocycles. The second-order valence-corrected chi connectivity index (χ2v) is 9.26. The minimum absolute atomic E-state index is 0.0353. The van der Waals surface area contributed by atoms with Crippen LogP contribution in [-0.2, 0) is 28.7 Å². The van der Waals surface area contributed by atoms with Crippen molar-refractivity contribution in [3.63, 3.8) is 0 Å². The summed E-state index contributed by atoms with van der Waals surface area (Å²) >= 11 is 0. The zero-order valence-corrected chi connectivity index (χ0v) is 22.5. The van der Waals surface area contributed by atoms with E-state index in [0.29, 0.717) is 91.6 Å². The number of carbonyl (C=O) groups excluding carboxylic acids is 1. The van der Waals surface area contributed by atoms with Gasteiger partial charge >= 0.3 is 17.9 Å². The van der Waals surface area contributed by atoms with Gasteiger partial charge in [0.2, 0.25) is 0 Å². The van der Waals surface area contributed by atoms with Crippen LogP contribution in [-0.4, -0.2) is 177 Å². The van der Waals surface area contributed by atoms with Crippen molar-refractivity contribution in [2.45, 2.75) is 12.8 Å². The monoisotopic (exact) mass is 547 g/mol. The molecule has 0 aliphatic carbocycles. The molecule has 1 aliphatic rings. The van der Waals surface area contributed by atoms with E-state index in [4.69, 9.17) is 9.47 Å². The summed E-state index contributed by atoms with van der Waals surface area (Å²) in [5.74, 6) is -2.93. The quantitative estimate of drug-likeness (QED) is 0.140. The number of likely N-dealkylation sites (N-methyl/N-ethyl adjacent to an activating group) is 1. The van der Waals surface area contributed by atoms with Crippen LogP contribution in [0.15, 0.2) is 0 Å². The predicted molar refractivity (Wildman–Crippen MR) is 138 cm³/mol. The van der Waals surface area contributed by atoms with Crippen molar-refractivity contribution in [3.8, 4) is 0 Å². The first kappa shape index (κ1) is 33.8. The third kappa shape index (κ3) is 18.1. The van der Waals surface area contributed by atoms with Crippen LogP contribution in [0.1, 0.15) is 12.8 Å². The summed E-state index contributed by atoms with van der Waals surface area (Å²) in [5, 5.41) is 30.8. The van der Waals surface area contributed by atoms with Crippen LogP contribution in [0.3, 0.4) is 0 Å². The minimum Gasteiger partial charge on any atom is -0.480 e. The SMILES string of the molecule is CNCCOCCOCCCC(=O)CN1CCN(CC(=O)O)CCN(CC(=O)O)CCN(CC(=O)O)CC1. The molecule has 1 heterocycles. The molecule has 1 aliphatic heterocycles. The summed E-state index contributed by atoms with van der Waals surface area (Å²) in [4.78, 5) is 53.7. The summed E-state index contributed by atoms with van der Waals surface area (Å²) in [6.45, 7) is 5.37. The Hall–Kier alpha value is -2.20. The average Bonchev–Trinajstić information content (AvgIpc) is 2.83. The molecule has 1 saturated heterocycles. The van der Waals surface area contributed by atoms with Crippen molar-refractivity contribution in [3.05, 3.63) is 0 Å². The van der Waals surface area contributed by atoms with Crippen LogP contribution in [0, 0.1) is 0 Å². The van der Waals surface area contributed by atoms with Crippen molar-refractivity contribution < 1.29 is 44.0 Å². The van der Waals surface area contributed by atoms with Gasteiger partial charge in [-0.25, -0.2) is 0 Å². The van der Waals surface area contributed by atoms with E-state index >= 15 is 0 Å². The van der Waals surface area contributed by atoms with Gasteiger partial charge in [0, 0.05) is 71.9 Å². The Morgan fingerprint density at radius 2 is 0.974 bits per heavy atom. The van der Waals surface area contributed by atoms with E-state index in [1.807, 2.05) is 11.9 Å². The molecule has 14 heteroatoms. The fourth-order valence-corrected chi connectivity index (χ4v) is 3.98. The van der Waals surface area contributed by atoms with Gasteiger partial charge in [0.1, 0.15) is 5.78 Å². The number of Topliss-reactive ketones (excluding diaryl/α,β-unsaturated/α-hetero) is 1. The molecule has 0 aromatic rings. The molecule has 0 bridgehead atoms. The molecular weight excluding hydrogens is 502 g/mol. The maximum atomic E-state index is 12.7. The van der Waals surface area contributed by atoms with Crippen molar-refractivity contribution in [1.82, 2.24) is 24.9 Å². The second kappa shape index (κ2) is 20.7. The number of rotatable bonds is 18. The maximum absolute atomic E-state index is 12.7. The lowest BCUT2D eigenvalue weighted by Crippen LogP contribution is -2.49. The van der Waals surface area contributed by atoms with Gasteiger partial charge in [-0.05, 0) is 13.5 Å². The summed E-state index contributed by atoms with van der Waals surface area (Å²) in [6.07, 6.45) is 0.928. The van der Waals surface area contributed by atoms with E-state index in [1.165, 1.54) is 0 Å². The van der Waals surface area contributed by atoms with Gasteiger partial charge in [-0.1, -0.05) is 0 Å². The Kier molecular flexibility index (Phi) is 18.4. The number of carboxylic acid groups (broad SMARTS) is 3. The zero-order chi connectivity index (χ0) is 28.2. The molecule has 1 fully saturated rings. The highest BCUT2D eigenvalue weighted by Gasteiger charge is 2.21. The Morgan fingerprint density at radius 1 is 0.605 bits per heavy atom.